The fourth-order valence-electron chi connectivity index (χ4n) is 2.60. The van der Waals surface area contributed by atoms with Crippen molar-refractivity contribution < 1.29 is 4.79 Å². The molecule has 6 heteroatoms. The Morgan fingerprint density at radius 3 is 2.75 bits per heavy atom. The van der Waals surface area contributed by atoms with E-state index in [4.69, 9.17) is 5.73 Å². The molecule has 1 aromatic rings. The summed E-state index contributed by atoms with van der Waals surface area (Å²) in [4.78, 5) is 15.5. The molecule has 1 aromatic heterocycles. The molecule has 6 nitrogen and oxygen atoms in total. The molecule has 0 aliphatic carbocycles. The van der Waals surface area contributed by atoms with Crippen LogP contribution in [0, 0.1) is 5.92 Å². The minimum absolute atomic E-state index is 0.133. The molecule has 2 heterocycles. The Hall–Kier alpha value is -1.69. The molecule has 1 aliphatic rings. The van der Waals surface area contributed by atoms with Gasteiger partial charge in [-0.2, -0.15) is 0 Å². The zero-order valence-electron chi connectivity index (χ0n) is 12.4. The molecule has 0 spiro atoms. The molecule has 0 aromatic carbocycles. The summed E-state index contributed by atoms with van der Waals surface area (Å²) in [6.07, 6.45) is 2.22. The number of rotatable bonds is 3. The molecule has 20 heavy (non-hydrogen) atoms. The van der Waals surface area contributed by atoms with E-state index in [1.54, 1.807) is 20.2 Å². The van der Waals surface area contributed by atoms with Crippen molar-refractivity contribution in [2.75, 3.05) is 32.1 Å². The fourth-order valence-corrected chi connectivity index (χ4v) is 2.60. The van der Waals surface area contributed by atoms with E-state index >= 15 is 0 Å². The third-order valence-electron chi connectivity index (χ3n) is 3.82. The van der Waals surface area contributed by atoms with Gasteiger partial charge in [0.05, 0.1) is 0 Å². The molecule has 2 atom stereocenters. The fraction of sp³-hybridized carbons (Fsp3) is 0.643. The molecule has 0 radical (unpaired) electrons. The van der Waals surface area contributed by atoms with Gasteiger partial charge in [-0.05, 0) is 30.9 Å². The predicted molar refractivity (Wildman–Crippen MR) is 78.6 cm³/mol. The van der Waals surface area contributed by atoms with Gasteiger partial charge in [-0.3, -0.25) is 4.79 Å². The van der Waals surface area contributed by atoms with Crippen molar-refractivity contribution in [3.05, 3.63) is 17.8 Å². The van der Waals surface area contributed by atoms with Crippen molar-refractivity contribution in [1.82, 2.24) is 15.1 Å². The highest BCUT2D eigenvalue weighted by Crippen LogP contribution is 2.25. The van der Waals surface area contributed by atoms with Gasteiger partial charge in [0.15, 0.2) is 11.5 Å². The van der Waals surface area contributed by atoms with E-state index in [0.29, 0.717) is 24.2 Å². The molecular weight excluding hydrogens is 254 g/mol. The highest BCUT2D eigenvalue weighted by Gasteiger charge is 2.26. The Labute approximate surface area is 120 Å². The number of aromatic nitrogens is 2. The van der Waals surface area contributed by atoms with Gasteiger partial charge in [0.2, 0.25) is 0 Å². The van der Waals surface area contributed by atoms with Crippen molar-refractivity contribution in [2.24, 2.45) is 11.7 Å². The first-order chi connectivity index (χ1) is 9.52. The summed E-state index contributed by atoms with van der Waals surface area (Å²) in [6, 6.07) is 3.90. The van der Waals surface area contributed by atoms with Crippen molar-refractivity contribution in [3.8, 4) is 0 Å². The summed E-state index contributed by atoms with van der Waals surface area (Å²) in [5.41, 5.74) is 6.23. The molecule has 2 rings (SSSR count). The third kappa shape index (κ3) is 3.07. The van der Waals surface area contributed by atoms with Crippen LogP contribution in [-0.4, -0.2) is 54.2 Å². The molecule has 110 valence electrons. The Balaban J connectivity index is 2.15. The molecule has 0 bridgehead atoms. The second kappa shape index (κ2) is 6.17. The van der Waals surface area contributed by atoms with Gasteiger partial charge in [0.1, 0.15) is 0 Å². The normalized spacial score (nSPS) is 22.7. The second-order valence-electron chi connectivity index (χ2n) is 5.69. The first-order valence-electron chi connectivity index (χ1n) is 7.05. The van der Waals surface area contributed by atoms with Crippen LogP contribution < -0.4 is 10.6 Å². The molecule has 1 amide bonds. The van der Waals surface area contributed by atoms with Gasteiger partial charge >= 0.3 is 0 Å². The monoisotopic (exact) mass is 277 g/mol. The number of piperidine rings is 1. The molecular formula is C14H23N5O. The van der Waals surface area contributed by atoms with Crippen LogP contribution in [0.4, 0.5) is 5.82 Å². The zero-order chi connectivity index (χ0) is 14.7. The number of nitrogens with two attached hydrogens (primary N) is 1. The van der Waals surface area contributed by atoms with E-state index in [9.17, 15) is 4.79 Å². The van der Waals surface area contributed by atoms with Gasteiger partial charge in [0.25, 0.3) is 5.91 Å². The molecule has 1 fully saturated rings. The lowest BCUT2D eigenvalue weighted by molar-refractivity contribution is 0.0821. The topological polar surface area (TPSA) is 75.4 Å². The number of amides is 1. The van der Waals surface area contributed by atoms with Crippen LogP contribution in [0.3, 0.4) is 0 Å². The summed E-state index contributed by atoms with van der Waals surface area (Å²) in [7, 11) is 3.41. The lowest BCUT2D eigenvalue weighted by Gasteiger charge is -2.38. The number of carbonyl (C=O) groups is 1. The maximum absolute atomic E-state index is 11.8. The Bertz CT molecular complexity index is 459. The van der Waals surface area contributed by atoms with Crippen molar-refractivity contribution >= 4 is 11.7 Å². The van der Waals surface area contributed by atoms with Crippen LogP contribution in [0.1, 0.15) is 30.3 Å². The van der Waals surface area contributed by atoms with Crippen LogP contribution in [0.25, 0.3) is 0 Å². The SMILES string of the molecule is CC1CCN(c2ccc(C(=O)N(C)C)nn2)C(CN)C1. The number of carbonyl (C=O) groups excluding carboxylic acids is 1. The number of nitrogens with zero attached hydrogens (tertiary/aromatic N) is 4. The number of hydrogen-bond acceptors (Lipinski definition) is 5. The Kier molecular flexibility index (Phi) is 4.54. The quantitative estimate of drug-likeness (QED) is 0.882. The van der Waals surface area contributed by atoms with Crippen LogP contribution in [0.15, 0.2) is 12.1 Å². The highest BCUT2D eigenvalue weighted by atomic mass is 16.2. The van der Waals surface area contributed by atoms with Crippen LogP contribution in [0.2, 0.25) is 0 Å². The van der Waals surface area contributed by atoms with E-state index in [2.05, 4.69) is 22.0 Å². The maximum atomic E-state index is 11.8. The van der Waals surface area contributed by atoms with Crippen LogP contribution >= 0.6 is 0 Å². The third-order valence-corrected chi connectivity index (χ3v) is 3.82. The van der Waals surface area contributed by atoms with Gasteiger partial charge in [-0.25, -0.2) is 0 Å². The Morgan fingerprint density at radius 1 is 1.45 bits per heavy atom. The first kappa shape index (κ1) is 14.7. The number of anilines is 1. The largest absolute Gasteiger partial charge is 0.351 e. The summed E-state index contributed by atoms with van der Waals surface area (Å²) in [6.45, 7) is 3.81. The predicted octanol–water partition coefficient (Wildman–Crippen LogP) is 0.742. The van der Waals surface area contributed by atoms with Crippen molar-refractivity contribution in [1.29, 1.82) is 0 Å². The highest BCUT2D eigenvalue weighted by molar-refractivity contribution is 5.91. The zero-order valence-corrected chi connectivity index (χ0v) is 12.4. The van der Waals surface area contributed by atoms with Gasteiger partial charge in [-0.15, -0.1) is 10.2 Å². The minimum Gasteiger partial charge on any atom is -0.351 e. The van der Waals surface area contributed by atoms with Gasteiger partial charge < -0.3 is 15.5 Å². The second-order valence-corrected chi connectivity index (χ2v) is 5.69. The smallest absolute Gasteiger partial charge is 0.273 e. The number of hydrogen-bond donors (Lipinski definition) is 1. The lowest BCUT2D eigenvalue weighted by Crippen LogP contribution is -2.46. The summed E-state index contributed by atoms with van der Waals surface area (Å²) >= 11 is 0. The van der Waals surface area contributed by atoms with Crippen molar-refractivity contribution in [2.45, 2.75) is 25.8 Å². The van der Waals surface area contributed by atoms with E-state index in [1.165, 1.54) is 4.90 Å². The summed E-state index contributed by atoms with van der Waals surface area (Å²) in [5, 5.41) is 8.24. The molecule has 0 saturated carbocycles. The molecule has 2 N–H and O–H groups in total. The molecule has 2 unspecified atom stereocenters. The summed E-state index contributed by atoms with van der Waals surface area (Å²) < 4.78 is 0. The molecule has 1 aliphatic heterocycles. The first-order valence-corrected chi connectivity index (χ1v) is 7.05. The maximum Gasteiger partial charge on any atom is 0.273 e. The average molecular weight is 277 g/mol. The van der Waals surface area contributed by atoms with E-state index in [0.717, 1.165) is 25.2 Å². The Morgan fingerprint density at radius 2 is 2.20 bits per heavy atom. The minimum atomic E-state index is -0.133. The van der Waals surface area contributed by atoms with Crippen LogP contribution in [-0.2, 0) is 0 Å². The summed E-state index contributed by atoms with van der Waals surface area (Å²) in [5.74, 6) is 1.37. The average Bonchev–Trinajstić information content (AvgIpc) is 2.46. The van der Waals surface area contributed by atoms with E-state index in [-0.39, 0.29) is 5.91 Å². The van der Waals surface area contributed by atoms with E-state index < -0.39 is 0 Å². The van der Waals surface area contributed by atoms with Gasteiger partial charge in [0, 0.05) is 33.2 Å². The standard InChI is InChI=1S/C14H23N5O/c1-10-6-7-19(11(8-10)9-15)13-5-4-12(16-17-13)14(20)18(2)3/h4-5,10-11H,6-9,15H2,1-3H3. The van der Waals surface area contributed by atoms with E-state index in [1.807, 2.05) is 6.07 Å². The molecule has 1 saturated heterocycles. The van der Waals surface area contributed by atoms with Crippen LogP contribution in [0.5, 0.6) is 0 Å². The van der Waals surface area contributed by atoms with Gasteiger partial charge in [-0.1, -0.05) is 6.92 Å². The lowest BCUT2D eigenvalue weighted by atomic mass is 9.92. The van der Waals surface area contributed by atoms with Crippen molar-refractivity contribution in [3.63, 3.8) is 0 Å².